The van der Waals surface area contributed by atoms with Crippen molar-refractivity contribution in [2.24, 2.45) is 0 Å². The van der Waals surface area contributed by atoms with E-state index in [1.54, 1.807) is 0 Å². The largest absolute Gasteiger partial charge is 0.380 e. The molecule has 0 saturated carbocycles. The summed E-state index contributed by atoms with van der Waals surface area (Å²) in [5.41, 5.74) is 0. The lowest BCUT2D eigenvalue weighted by atomic mass is 10.3. The molecule has 1 aliphatic heterocycles. The number of amides is 1. The molecule has 1 amide bonds. The molecule has 0 bridgehead atoms. The van der Waals surface area contributed by atoms with Gasteiger partial charge in [0.25, 0.3) is 0 Å². The first-order chi connectivity index (χ1) is 8.74. The fourth-order valence-electron chi connectivity index (χ4n) is 1.89. The van der Waals surface area contributed by atoms with E-state index < -0.39 is 0 Å². The zero-order valence-electron chi connectivity index (χ0n) is 11.8. The molecule has 106 valence electrons. The summed E-state index contributed by atoms with van der Waals surface area (Å²) < 4.78 is 5.50. The maximum atomic E-state index is 12.0. The van der Waals surface area contributed by atoms with E-state index in [0.717, 1.165) is 52.2 Å². The van der Waals surface area contributed by atoms with Crippen LogP contribution in [-0.2, 0) is 9.53 Å². The van der Waals surface area contributed by atoms with Gasteiger partial charge in [0.05, 0.1) is 13.2 Å². The van der Waals surface area contributed by atoms with Crippen molar-refractivity contribution in [3.8, 4) is 0 Å². The Bertz CT molecular complexity index is 230. The normalized spacial score (nSPS) is 16.3. The minimum absolute atomic E-state index is 0.229. The van der Waals surface area contributed by atoms with Crippen LogP contribution < -0.4 is 5.32 Å². The smallest absolute Gasteiger partial charge is 0.236 e. The zero-order chi connectivity index (χ0) is 13.2. The maximum absolute atomic E-state index is 12.0. The molecule has 0 unspecified atom stereocenters. The fourth-order valence-corrected chi connectivity index (χ4v) is 1.89. The Morgan fingerprint density at radius 1 is 1.33 bits per heavy atom. The zero-order valence-corrected chi connectivity index (χ0v) is 11.8. The van der Waals surface area contributed by atoms with Crippen molar-refractivity contribution in [3.63, 3.8) is 0 Å². The number of nitrogens with one attached hydrogen (secondary N) is 1. The molecule has 0 spiro atoms. The highest BCUT2D eigenvalue weighted by molar-refractivity contribution is 5.78. The average molecular weight is 257 g/mol. The van der Waals surface area contributed by atoms with Gasteiger partial charge in [-0.3, -0.25) is 9.69 Å². The van der Waals surface area contributed by atoms with Crippen molar-refractivity contribution in [1.29, 1.82) is 0 Å². The van der Waals surface area contributed by atoms with Crippen molar-refractivity contribution in [2.75, 3.05) is 59.5 Å². The third-order valence-corrected chi connectivity index (χ3v) is 3.13. The highest BCUT2D eigenvalue weighted by atomic mass is 16.5. The predicted octanol–water partition coefficient (Wildman–Crippen LogP) is 0.167. The number of piperazine rings is 1. The lowest BCUT2D eigenvalue weighted by molar-refractivity contribution is -0.132. The summed E-state index contributed by atoms with van der Waals surface area (Å²) in [5.74, 6) is 0.229. The van der Waals surface area contributed by atoms with E-state index in [-0.39, 0.29) is 5.91 Å². The molecule has 0 aromatic rings. The summed E-state index contributed by atoms with van der Waals surface area (Å²) in [5, 5.41) is 3.25. The van der Waals surface area contributed by atoms with Crippen molar-refractivity contribution in [2.45, 2.75) is 19.8 Å². The Hall–Kier alpha value is -0.650. The second-order valence-electron chi connectivity index (χ2n) is 4.83. The summed E-state index contributed by atoms with van der Waals surface area (Å²) >= 11 is 0. The van der Waals surface area contributed by atoms with Crippen molar-refractivity contribution in [1.82, 2.24) is 15.1 Å². The highest BCUT2D eigenvalue weighted by Crippen LogP contribution is 1.96. The summed E-state index contributed by atoms with van der Waals surface area (Å²) in [6, 6.07) is 0. The average Bonchev–Trinajstić information content (AvgIpc) is 2.39. The Labute approximate surface area is 110 Å². The minimum atomic E-state index is 0.229. The lowest BCUT2D eigenvalue weighted by Gasteiger charge is -2.29. The molecule has 0 radical (unpaired) electrons. The topological polar surface area (TPSA) is 44.8 Å². The Kier molecular flexibility index (Phi) is 7.96. The monoisotopic (exact) mass is 257 g/mol. The Balaban J connectivity index is 2.07. The van der Waals surface area contributed by atoms with Gasteiger partial charge < -0.3 is 15.0 Å². The first kappa shape index (κ1) is 15.4. The summed E-state index contributed by atoms with van der Waals surface area (Å²) in [7, 11) is 1.98. The van der Waals surface area contributed by atoms with E-state index in [4.69, 9.17) is 4.74 Å². The van der Waals surface area contributed by atoms with Crippen molar-refractivity contribution in [3.05, 3.63) is 0 Å². The van der Waals surface area contributed by atoms with Crippen LogP contribution >= 0.6 is 0 Å². The van der Waals surface area contributed by atoms with Gasteiger partial charge >= 0.3 is 0 Å². The van der Waals surface area contributed by atoms with Crippen molar-refractivity contribution < 1.29 is 9.53 Å². The molecule has 0 aromatic carbocycles. The second kappa shape index (κ2) is 9.30. The molecule has 18 heavy (non-hydrogen) atoms. The molecule has 5 heteroatoms. The molecule has 5 nitrogen and oxygen atoms in total. The molecule has 0 aliphatic carbocycles. The van der Waals surface area contributed by atoms with Gasteiger partial charge in [0.2, 0.25) is 5.91 Å². The number of carbonyl (C=O) groups is 1. The Morgan fingerprint density at radius 2 is 2.06 bits per heavy atom. The van der Waals surface area contributed by atoms with Gasteiger partial charge in [0, 0.05) is 39.3 Å². The van der Waals surface area contributed by atoms with Gasteiger partial charge in [-0.2, -0.15) is 0 Å². The van der Waals surface area contributed by atoms with Crippen LogP contribution in [0.25, 0.3) is 0 Å². The molecule has 1 heterocycles. The second-order valence-corrected chi connectivity index (χ2v) is 4.83. The van der Waals surface area contributed by atoms with Gasteiger partial charge in [0.1, 0.15) is 0 Å². The van der Waals surface area contributed by atoms with Crippen molar-refractivity contribution >= 4 is 5.91 Å². The number of carbonyl (C=O) groups excluding carboxylic acids is 1. The third kappa shape index (κ3) is 6.33. The first-order valence-electron chi connectivity index (χ1n) is 6.98. The van der Waals surface area contributed by atoms with Gasteiger partial charge in [-0.25, -0.2) is 0 Å². The van der Waals surface area contributed by atoms with E-state index >= 15 is 0 Å². The lowest BCUT2D eigenvalue weighted by Crippen LogP contribution is -2.49. The van der Waals surface area contributed by atoms with Crippen LogP contribution in [0.5, 0.6) is 0 Å². The van der Waals surface area contributed by atoms with Crippen LogP contribution in [0.1, 0.15) is 19.8 Å². The summed E-state index contributed by atoms with van der Waals surface area (Å²) in [6.45, 7) is 8.51. The molecule has 1 N–H and O–H groups in total. The molecular weight excluding hydrogens is 230 g/mol. The predicted molar refractivity (Wildman–Crippen MR) is 72.7 cm³/mol. The molecule has 0 aromatic heterocycles. The summed E-state index contributed by atoms with van der Waals surface area (Å²) in [4.78, 5) is 15.9. The Morgan fingerprint density at radius 3 is 2.72 bits per heavy atom. The van der Waals surface area contributed by atoms with Crippen LogP contribution in [0.15, 0.2) is 0 Å². The van der Waals surface area contributed by atoms with Crippen LogP contribution in [-0.4, -0.2) is 75.2 Å². The maximum Gasteiger partial charge on any atom is 0.236 e. The van der Waals surface area contributed by atoms with Crippen LogP contribution in [0.4, 0.5) is 0 Å². The van der Waals surface area contributed by atoms with Gasteiger partial charge in [-0.15, -0.1) is 0 Å². The standard InChI is InChI=1S/C13H27N3O2/c1-3-4-10-18-11-9-15(2)12-13(17)16-7-5-14-6-8-16/h14H,3-12H2,1-2H3. The fraction of sp³-hybridized carbons (Fsp3) is 0.923. The van der Waals surface area contributed by atoms with E-state index in [0.29, 0.717) is 13.2 Å². The first-order valence-corrected chi connectivity index (χ1v) is 6.98. The molecule has 1 saturated heterocycles. The van der Waals surface area contributed by atoms with E-state index in [9.17, 15) is 4.79 Å². The SMILES string of the molecule is CCCCOCCN(C)CC(=O)N1CCNCC1. The number of unbranched alkanes of at least 4 members (excludes halogenated alkanes) is 1. The number of hydrogen-bond donors (Lipinski definition) is 1. The van der Waals surface area contributed by atoms with Crippen LogP contribution in [0.3, 0.4) is 0 Å². The van der Waals surface area contributed by atoms with E-state index in [1.807, 2.05) is 16.8 Å². The number of hydrogen-bond acceptors (Lipinski definition) is 4. The molecule has 1 aliphatic rings. The molecule has 1 rings (SSSR count). The number of likely N-dealkylation sites (N-methyl/N-ethyl adjacent to an activating group) is 1. The van der Waals surface area contributed by atoms with E-state index in [2.05, 4.69) is 12.2 Å². The van der Waals surface area contributed by atoms with Crippen LogP contribution in [0.2, 0.25) is 0 Å². The van der Waals surface area contributed by atoms with Gasteiger partial charge in [-0.1, -0.05) is 13.3 Å². The minimum Gasteiger partial charge on any atom is -0.380 e. The summed E-state index contributed by atoms with van der Waals surface area (Å²) in [6.07, 6.45) is 2.28. The number of nitrogens with zero attached hydrogens (tertiary/aromatic N) is 2. The van der Waals surface area contributed by atoms with E-state index in [1.165, 1.54) is 0 Å². The van der Waals surface area contributed by atoms with Gasteiger partial charge in [-0.05, 0) is 13.5 Å². The van der Waals surface area contributed by atoms with Crippen LogP contribution in [0, 0.1) is 0 Å². The quantitative estimate of drug-likeness (QED) is 0.630. The van der Waals surface area contributed by atoms with Gasteiger partial charge in [0.15, 0.2) is 0 Å². The third-order valence-electron chi connectivity index (χ3n) is 3.13. The number of rotatable bonds is 8. The molecule has 1 fully saturated rings. The highest BCUT2D eigenvalue weighted by Gasteiger charge is 2.17. The molecular formula is C13H27N3O2. The number of ether oxygens (including phenoxy) is 1. The molecule has 0 atom stereocenters.